The number of aryl methyl sites for hydroxylation is 1. The second-order valence-electron chi connectivity index (χ2n) is 8.50. The second kappa shape index (κ2) is 11.8. The number of hydrogen-bond acceptors (Lipinski definition) is 5. The molecule has 33 heavy (non-hydrogen) atoms. The van der Waals surface area contributed by atoms with Gasteiger partial charge in [-0.15, -0.1) is 0 Å². The summed E-state index contributed by atoms with van der Waals surface area (Å²) in [5.74, 6) is -0.173. The number of rotatable bonds is 10. The van der Waals surface area contributed by atoms with Gasteiger partial charge in [-0.3, -0.25) is 9.69 Å². The summed E-state index contributed by atoms with van der Waals surface area (Å²) in [6, 6.07) is 14.9. The molecule has 0 bridgehead atoms. The van der Waals surface area contributed by atoms with E-state index in [0.717, 1.165) is 39.1 Å². The Bertz CT molecular complexity index is 1040. The van der Waals surface area contributed by atoms with Crippen molar-refractivity contribution in [1.82, 2.24) is 14.9 Å². The molecule has 0 saturated carbocycles. The van der Waals surface area contributed by atoms with Crippen LogP contribution in [0.4, 0.5) is 5.69 Å². The Morgan fingerprint density at radius 2 is 1.82 bits per heavy atom. The van der Waals surface area contributed by atoms with Crippen molar-refractivity contribution in [1.29, 1.82) is 0 Å². The van der Waals surface area contributed by atoms with E-state index in [1.807, 2.05) is 6.92 Å². The Hall–Kier alpha value is -2.13. The SMILES string of the molecule is Cc1cccc(N2CCN(CCC(C)NC(=O)CCNS(=O)(=O)c3ccccc3Cl)CC2)c1. The van der Waals surface area contributed by atoms with Crippen LogP contribution in [0.2, 0.25) is 5.02 Å². The maximum Gasteiger partial charge on any atom is 0.242 e. The molecule has 1 unspecified atom stereocenters. The molecule has 0 spiro atoms. The Labute approximate surface area is 202 Å². The van der Waals surface area contributed by atoms with Crippen molar-refractivity contribution < 1.29 is 13.2 Å². The largest absolute Gasteiger partial charge is 0.369 e. The molecule has 3 rings (SSSR count). The standard InChI is InChI=1S/C24H33ClN4O3S/c1-19-6-5-7-21(18-19)29-16-14-28(15-17-29)13-11-20(2)27-24(30)10-12-26-33(31,32)23-9-4-3-8-22(23)25/h3-9,18,20,26H,10-17H2,1-2H3,(H,27,30). The van der Waals surface area contributed by atoms with Crippen molar-refractivity contribution >= 4 is 33.2 Å². The molecule has 2 N–H and O–H groups in total. The highest BCUT2D eigenvalue weighted by molar-refractivity contribution is 7.89. The smallest absolute Gasteiger partial charge is 0.242 e. The topological polar surface area (TPSA) is 81.8 Å². The fraction of sp³-hybridized carbons (Fsp3) is 0.458. The minimum Gasteiger partial charge on any atom is -0.369 e. The van der Waals surface area contributed by atoms with E-state index in [1.165, 1.54) is 23.4 Å². The number of benzene rings is 2. The van der Waals surface area contributed by atoms with E-state index < -0.39 is 10.0 Å². The summed E-state index contributed by atoms with van der Waals surface area (Å²) >= 11 is 5.96. The maximum atomic E-state index is 12.3. The maximum absolute atomic E-state index is 12.3. The van der Waals surface area contributed by atoms with E-state index >= 15 is 0 Å². The van der Waals surface area contributed by atoms with E-state index in [0.29, 0.717) is 0 Å². The molecule has 2 aromatic rings. The van der Waals surface area contributed by atoms with Crippen molar-refractivity contribution in [2.75, 3.05) is 44.2 Å². The Morgan fingerprint density at radius 3 is 2.52 bits per heavy atom. The molecule has 0 aliphatic carbocycles. The Kier molecular flexibility index (Phi) is 9.14. The number of hydrogen-bond donors (Lipinski definition) is 2. The van der Waals surface area contributed by atoms with Gasteiger partial charge in [-0.2, -0.15) is 0 Å². The Morgan fingerprint density at radius 1 is 1.09 bits per heavy atom. The van der Waals surface area contributed by atoms with Crippen LogP contribution in [0, 0.1) is 6.92 Å². The fourth-order valence-electron chi connectivity index (χ4n) is 3.89. The molecule has 1 atom stereocenters. The van der Waals surface area contributed by atoms with Crippen LogP contribution in [0.3, 0.4) is 0 Å². The van der Waals surface area contributed by atoms with Gasteiger partial charge in [0.25, 0.3) is 0 Å². The summed E-state index contributed by atoms with van der Waals surface area (Å²) in [6.07, 6.45) is 0.921. The zero-order valence-corrected chi connectivity index (χ0v) is 20.8. The number of piperazine rings is 1. The number of carbonyl (C=O) groups is 1. The van der Waals surface area contributed by atoms with Gasteiger partial charge < -0.3 is 10.2 Å². The minimum atomic E-state index is -3.74. The van der Waals surface area contributed by atoms with Crippen molar-refractivity contribution in [3.05, 3.63) is 59.1 Å². The molecule has 2 aromatic carbocycles. The highest BCUT2D eigenvalue weighted by Gasteiger charge is 2.19. The van der Waals surface area contributed by atoms with Gasteiger partial charge in [0.05, 0.1) is 5.02 Å². The predicted molar refractivity (Wildman–Crippen MR) is 133 cm³/mol. The number of nitrogens with zero attached hydrogens (tertiary/aromatic N) is 2. The van der Waals surface area contributed by atoms with E-state index in [9.17, 15) is 13.2 Å². The van der Waals surface area contributed by atoms with Crippen LogP contribution in [-0.4, -0.2) is 64.5 Å². The van der Waals surface area contributed by atoms with Crippen LogP contribution >= 0.6 is 11.6 Å². The minimum absolute atomic E-state index is 0.0166. The molecule has 1 saturated heterocycles. The van der Waals surface area contributed by atoms with Crippen LogP contribution in [0.15, 0.2) is 53.4 Å². The molecule has 0 radical (unpaired) electrons. The molecule has 9 heteroatoms. The molecule has 1 aliphatic rings. The molecule has 1 heterocycles. The summed E-state index contributed by atoms with van der Waals surface area (Å²) in [5, 5.41) is 3.12. The molecule has 180 valence electrons. The number of anilines is 1. The first kappa shape index (κ1) is 25.5. The predicted octanol–water partition coefficient (Wildman–Crippen LogP) is 3.03. The lowest BCUT2D eigenvalue weighted by Crippen LogP contribution is -2.47. The summed E-state index contributed by atoms with van der Waals surface area (Å²) in [5.41, 5.74) is 2.55. The molecule has 1 amide bonds. The third-order valence-corrected chi connectivity index (χ3v) is 7.76. The third-order valence-electron chi connectivity index (χ3n) is 5.80. The van der Waals surface area contributed by atoms with Crippen molar-refractivity contribution in [2.24, 2.45) is 0 Å². The summed E-state index contributed by atoms with van der Waals surface area (Å²) < 4.78 is 27.1. The van der Waals surface area contributed by atoms with Crippen molar-refractivity contribution in [3.63, 3.8) is 0 Å². The molecule has 1 aliphatic heterocycles. The van der Waals surface area contributed by atoms with Gasteiger partial charge in [0, 0.05) is 57.4 Å². The molecule has 1 fully saturated rings. The monoisotopic (exact) mass is 492 g/mol. The zero-order chi connectivity index (χ0) is 23.8. The average molecular weight is 493 g/mol. The fourth-order valence-corrected chi connectivity index (χ4v) is 5.44. The number of sulfonamides is 1. The lowest BCUT2D eigenvalue weighted by molar-refractivity contribution is -0.121. The number of nitrogens with one attached hydrogen (secondary N) is 2. The van der Waals surface area contributed by atoms with Gasteiger partial charge in [-0.25, -0.2) is 13.1 Å². The van der Waals surface area contributed by atoms with E-state index in [1.54, 1.807) is 12.1 Å². The van der Waals surface area contributed by atoms with Gasteiger partial charge in [-0.1, -0.05) is 35.9 Å². The summed E-state index contributed by atoms with van der Waals surface area (Å²) in [7, 11) is -3.74. The quantitative estimate of drug-likeness (QED) is 0.532. The first-order chi connectivity index (χ1) is 15.7. The highest BCUT2D eigenvalue weighted by Crippen LogP contribution is 2.20. The molecule has 7 nitrogen and oxygen atoms in total. The van der Waals surface area contributed by atoms with Gasteiger partial charge in [0.1, 0.15) is 4.90 Å². The zero-order valence-electron chi connectivity index (χ0n) is 19.3. The summed E-state index contributed by atoms with van der Waals surface area (Å²) in [4.78, 5) is 17.1. The van der Waals surface area contributed by atoms with E-state index in [-0.39, 0.29) is 34.8 Å². The van der Waals surface area contributed by atoms with Gasteiger partial charge >= 0.3 is 0 Å². The second-order valence-corrected chi connectivity index (χ2v) is 10.6. The third kappa shape index (κ3) is 7.71. The number of halogens is 1. The van der Waals surface area contributed by atoms with Crippen LogP contribution < -0.4 is 14.9 Å². The first-order valence-corrected chi connectivity index (χ1v) is 13.2. The molecule has 0 aromatic heterocycles. The normalized spacial score (nSPS) is 15.9. The van der Waals surface area contributed by atoms with Crippen LogP contribution in [0.1, 0.15) is 25.3 Å². The van der Waals surface area contributed by atoms with Gasteiger partial charge in [0.15, 0.2) is 0 Å². The van der Waals surface area contributed by atoms with Gasteiger partial charge in [0.2, 0.25) is 15.9 Å². The van der Waals surface area contributed by atoms with Crippen molar-refractivity contribution in [2.45, 2.75) is 37.6 Å². The average Bonchev–Trinajstić information content (AvgIpc) is 2.78. The highest BCUT2D eigenvalue weighted by atomic mass is 35.5. The number of carbonyl (C=O) groups excluding carboxylic acids is 1. The first-order valence-electron chi connectivity index (χ1n) is 11.3. The van der Waals surface area contributed by atoms with E-state index in [4.69, 9.17) is 11.6 Å². The van der Waals surface area contributed by atoms with Crippen LogP contribution in [0.5, 0.6) is 0 Å². The van der Waals surface area contributed by atoms with E-state index in [2.05, 4.69) is 51.0 Å². The lowest BCUT2D eigenvalue weighted by atomic mass is 10.1. The number of amides is 1. The lowest BCUT2D eigenvalue weighted by Gasteiger charge is -2.36. The van der Waals surface area contributed by atoms with Gasteiger partial charge in [-0.05, 0) is 50.1 Å². The van der Waals surface area contributed by atoms with Crippen LogP contribution in [-0.2, 0) is 14.8 Å². The molecular formula is C24H33ClN4O3S. The van der Waals surface area contributed by atoms with Crippen molar-refractivity contribution in [3.8, 4) is 0 Å². The molecular weight excluding hydrogens is 460 g/mol. The Balaban J connectivity index is 1.33. The summed E-state index contributed by atoms with van der Waals surface area (Å²) in [6.45, 7) is 9.02. The van der Waals surface area contributed by atoms with Crippen LogP contribution in [0.25, 0.3) is 0 Å².